The number of aryl methyl sites for hydroxylation is 1. The van der Waals surface area contributed by atoms with E-state index in [1.807, 2.05) is 17.1 Å². The van der Waals surface area contributed by atoms with Crippen LogP contribution in [0.1, 0.15) is 20.3 Å². The molecule has 0 bridgehead atoms. The largest absolute Gasteiger partial charge is 0.380 e. The summed E-state index contributed by atoms with van der Waals surface area (Å²) in [5.41, 5.74) is 1.09. The summed E-state index contributed by atoms with van der Waals surface area (Å²) in [6, 6.07) is 0.885. The van der Waals surface area contributed by atoms with Gasteiger partial charge in [-0.3, -0.25) is 4.68 Å². The molecule has 2 N–H and O–H groups in total. The summed E-state index contributed by atoms with van der Waals surface area (Å²) in [7, 11) is 0. The van der Waals surface area contributed by atoms with Gasteiger partial charge in [-0.05, 0) is 20.3 Å². The van der Waals surface area contributed by atoms with Crippen LogP contribution < -0.4 is 10.6 Å². The fourth-order valence-electron chi connectivity index (χ4n) is 2.15. The van der Waals surface area contributed by atoms with Crippen LogP contribution in [0.15, 0.2) is 12.4 Å². The van der Waals surface area contributed by atoms with Crippen molar-refractivity contribution in [2.45, 2.75) is 38.9 Å². The first-order valence-corrected chi connectivity index (χ1v) is 6.38. The first-order chi connectivity index (χ1) is 8.28. The molecule has 1 saturated heterocycles. The van der Waals surface area contributed by atoms with Crippen LogP contribution in [0.5, 0.6) is 0 Å². The number of morpholine rings is 1. The highest BCUT2D eigenvalue weighted by Crippen LogP contribution is 2.10. The van der Waals surface area contributed by atoms with Gasteiger partial charge in [-0.1, -0.05) is 0 Å². The highest BCUT2D eigenvalue weighted by molar-refractivity contribution is 5.39. The molecule has 0 aliphatic carbocycles. The third kappa shape index (κ3) is 3.71. The SMILES string of the molecule is CCn1cc(NC(C)CC2COCCN2)cn1. The number of rotatable bonds is 5. The molecule has 5 heteroatoms. The predicted molar refractivity (Wildman–Crippen MR) is 68.2 cm³/mol. The molecule has 0 amide bonds. The van der Waals surface area contributed by atoms with Crippen molar-refractivity contribution in [3.05, 3.63) is 12.4 Å². The molecule has 0 radical (unpaired) electrons. The van der Waals surface area contributed by atoms with Crippen molar-refractivity contribution in [2.75, 3.05) is 25.1 Å². The zero-order valence-corrected chi connectivity index (χ0v) is 10.6. The van der Waals surface area contributed by atoms with Crippen LogP contribution in [0.4, 0.5) is 5.69 Å². The van der Waals surface area contributed by atoms with Gasteiger partial charge in [0.25, 0.3) is 0 Å². The highest BCUT2D eigenvalue weighted by atomic mass is 16.5. The Hall–Kier alpha value is -1.07. The van der Waals surface area contributed by atoms with Crippen molar-refractivity contribution in [3.63, 3.8) is 0 Å². The fraction of sp³-hybridized carbons (Fsp3) is 0.750. The summed E-state index contributed by atoms with van der Waals surface area (Å²) in [6.45, 7) is 7.81. The zero-order chi connectivity index (χ0) is 12.1. The molecular weight excluding hydrogens is 216 g/mol. The van der Waals surface area contributed by atoms with E-state index < -0.39 is 0 Å². The van der Waals surface area contributed by atoms with E-state index in [4.69, 9.17) is 4.74 Å². The third-order valence-corrected chi connectivity index (χ3v) is 3.01. The third-order valence-electron chi connectivity index (χ3n) is 3.01. The van der Waals surface area contributed by atoms with Gasteiger partial charge in [0.05, 0.1) is 25.1 Å². The van der Waals surface area contributed by atoms with Crippen LogP contribution in [0.3, 0.4) is 0 Å². The van der Waals surface area contributed by atoms with E-state index in [1.54, 1.807) is 0 Å². The van der Waals surface area contributed by atoms with E-state index >= 15 is 0 Å². The second-order valence-corrected chi connectivity index (χ2v) is 4.59. The molecule has 96 valence electrons. The number of anilines is 1. The number of nitrogens with one attached hydrogen (secondary N) is 2. The maximum Gasteiger partial charge on any atom is 0.0728 e. The van der Waals surface area contributed by atoms with Crippen LogP contribution in [0.2, 0.25) is 0 Å². The quantitative estimate of drug-likeness (QED) is 0.806. The topological polar surface area (TPSA) is 51.1 Å². The Kier molecular flexibility index (Phi) is 4.39. The molecular formula is C12H22N4O. The lowest BCUT2D eigenvalue weighted by molar-refractivity contribution is 0.0731. The van der Waals surface area contributed by atoms with Gasteiger partial charge in [-0.2, -0.15) is 5.10 Å². The Morgan fingerprint density at radius 1 is 1.71 bits per heavy atom. The lowest BCUT2D eigenvalue weighted by Gasteiger charge is -2.26. The number of nitrogens with zero attached hydrogens (tertiary/aromatic N) is 2. The molecule has 2 rings (SSSR count). The summed E-state index contributed by atoms with van der Waals surface area (Å²) in [6.07, 6.45) is 4.99. The molecule has 0 aromatic carbocycles. The number of hydrogen-bond acceptors (Lipinski definition) is 4. The molecule has 0 saturated carbocycles. The minimum atomic E-state index is 0.420. The zero-order valence-electron chi connectivity index (χ0n) is 10.6. The van der Waals surface area contributed by atoms with Gasteiger partial charge in [-0.15, -0.1) is 0 Å². The fourth-order valence-corrected chi connectivity index (χ4v) is 2.15. The summed E-state index contributed by atoms with van der Waals surface area (Å²) >= 11 is 0. The van der Waals surface area contributed by atoms with Crippen LogP contribution in [0.25, 0.3) is 0 Å². The Labute approximate surface area is 103 Å². The molecule has 1 aromatic heterocycles. The number of aromatic nitrogens is 2. The van der Waals surface area contributed by atoms with E-state index in [1.165, 1.54) is 0 Å². The van der Waals surface area contributed by atoms with Crippen LogP contribution >= 0.6 is 0 Å². The smallest absolute Gasteiger partial charge is 0.0728 e. The van der Waals surface area contributed by atoms with Gasteiger partial charge >= 0.3 is 0 Å². The van der Waals surface area contributed by atoms with Crippen molar-refractivity contribution in [1.82, 2.24) is 15.1 Å². The average molecular weight is 238 g/mol. The van der Waals surface area contributed by atoms with Gasteiger partial charge < -0.3 is 15.4 Å². The van der Waals surface area contributed by atoms with Crippen molar-refractivity contribution in [2.24, 2.45) is 0 Å². The first kappa shape index (κ1) is 12.4. The van der Waals surface area contributed by atoms with Crippen LogP contribution in [-0.2, 0) is 11.3 Å². The van der Waals surface area contributed by atoms with E-state index in [9.17, 15) is 0 Å². The molecule has 2 heterocycles. The monoisotopic (exact) mass is 238 g/mol. The van der Waals surface area contributed by atoms with Gasteiger partial charge in [0.1, 0.15) is 0 Å². The Bertz CT molecular complexity index is 333. The van der Waals surface area contributed by atoms with Gasteiger partial charge in [0.2, 0.25) is 0 Å². The molecule has 17 heavy (non-hydrogen) atoms. The summed E-state index contributed by atoms with van der Waals surface area (Å²) in [4.78, 5) is 0. The predicted octanol–water partition coefficient (Wildman–Crippen LogP) is 1.08. The van der Waals surface area contributed by atoms with Crippen molar-refractivity contribution in [1.29, 1.82) is 0 Å². The number of ether oxygens (including phenoxy) is 1. The Morgan fingerprint density at radius 3 is 3.24 bits per heavy atom. The van der Waals surface area contributed by atoms with Crippen molar-refractivity contribution < 1.29 is 4.74 Å². The lowest BCUT2D eigenvalue weighted by Crippen LogP contribution is -2.43. The Balaban J connectivity index is 1.77. The first-order valence-electron chi connectivity index (χ1n) is 6.38. The molecule has 1 aliphatic rings. The molecule has 1 aromatic rings. The van der Waals surface area contributed by atoms with Crippen LogP contribution in [0, 0.1) is 0 Å². The number of hydrogen-bond donors (Lipinski definition) is 2. The average Bonchev–Trinajstić information content (AvgIpc) is 2.78. The van der Waals surface area contributed by atoms with E-state index in [0.717, 1.165) is 38.4 Å². The Morgan fingerprint density at radius 2 is 2.59 bits per heavy atom. The molecule has 0 spiro atoms. The van der Waals surface area contributed by atoms with E-state index in [0.29, 0.717) is 12.1 Å². The van der Waals surface area contributed by atoms with Crippen molar-refractivity contribution in [3.8, 4) is 0 Å². The molecule has 5 nitrogen and oxygen atoms in total. The molecule has 1 fully saturated rings. The second-order valence-electron chi connectivity index (χ2n) is 4.59. The highest BCUT2D eigenvalue weighted by Gasteiger charge is 2.16. The van der Waals surface area contributed by atoms with Crippen LogP contribution in [-0.4, -0.2) is 41.6 Å². The van der Waals surface area contributed by atoms with Gasteiger partial charge in [-0.25, -0.2) is 0 Å². The van der Waals surface area contributed by atoms with Crippen molar-refractivity contribution >= 4 is 5.69 Å². The summed E-state index contributed by atoms with van der Waals surface area (Å²) < 4.78 is 7.38. The minimum Gasteiger partial charge on any atom is -0.380 e. The molecule has 2 atom stereocenters. The lowest BCUT2D eigenvalue weighted by atomic mass is 10.1. The molecule has 1 aliphatic heterocycles. The maximum atomic E-state index is 5.45. The van der Waals surface area contributed by atoms with Gasteiger partial charge in [0.15, 0.2) is 0 Å². The standard InChI is InChI=1S/C12H22N4O/c1-3-16-8-12(7-14-16)15-10(2)6-11-9-17-5-4-13-11/h7-8,10-11,13,15H,3-6,9H2,1-2H3. The molecule has 2 unspecified atom stereocenters. The van der Waals surface area contributed by atoms with E-state index in [-0.39, 0.29) is 0 Å². The summed E-state index contributed by atoms with van der Waals surface area (Å²) in [5.74, 6) is 0. The van der Waals surface area contributed by atoms with Gasteiger partial charge in [0, 0.05) is 31.4 Å². The van der Waals surface area contributed by atoms with E-state index in [2.05, 4.69) is 29.6 Å². The summed E-state index contributed by atoms with van der Waals surface area (Å²) in [5, 5.41) is 11.2. The maximum absolute atomic E-state index is 5.45. The second kappa shape index (κ2) is 6.02. The normalized spacial score (nSPS) is 22.4. The minimum absolute atomic E-state index is 0.420.